The normalized spacial score (nSPS) is 22.4. The molecule has 0 bridgehead atoms. The highest BCUT2D eigenvalue weighted by Gasteiger charge is 2.35. The number of para-hydroxylation sites is 1. The van der Waals surface area contributed by atoms with E-state index in [9.17, 15) is 4.79 Å². The molecule has 0 saturated carbocycles. The zero-order valence-corrected chi connectivity index (χ0v) is 12.3. The summed E-state index contributed by atoms with van der Waals surface area (Å²) in [7, 11) is 0. The first-order valence-corrected chi connectivity index (χ1v) is 7.70. The Morgan fingerprint density at radius 2 is 2.14 bits per heavy atom. The molecule has 2 N–H and O–H groups in total. The number of nitrogens with two attached hydrogens (primary N) is 1. The second-order valence-corrected chi connectivity index (χ2v) is 5.74. The van der Waals surface area contributed by atoms with E-state index in [1.165, 1.54) is 0 Å². The number of rotatable bonds is 5. The third kappa shape index (κ3) is 3.19. The predicted octanol–water partition coefficient (Wildman–Crippen LogP) is 0.831. The van der Waals surface area contributed by atoms with Gasteiger partial charge in [-0.3, -0.25) is 9.69 Å². The number of amides is 1. The van der Waals surface area contributed by atoms with Crippen LogP contribution in [0, 0.1) is 0 Å². The lowest BCUT2D eigenvalue weighted by molar-refractivity contribution is -0.130. The van der Waals surface area contributed by atoms with Crippen molar-refractivity contribution in [3.63, 3.8) is 0 Å². The van der Waals surface area contributed by atoms with Crippen molar-refractivity contribution in [1.29, 1.82) is 0 Å². The maximum atomic E-state index is 11.7. The van der Waals surface area contributed by atoms with Crippen molar-refractivity contribution in [3.05, 3.63) is 29.8 Å². The van der Waals surface area contributed by atoms with E-state index in [4.69, 9.17) is 10.5 Å². The molecule has 2 aliphatic heterocycles. The Kier molecular flexibility index (Phi) is 4.41. The first-order valence-electron chi connectivity index (χ1n) is 7.70. The molecular formula is C16H23N3O2. The minimum atomic E-state index is 0.327. The van der Waals surface area contributed by atoms with Crippen LogP contribution in [0.2, 0.25) is 0 Å². The Bertz CT molecular complexity index is 506. The third-order valence-corrected chi connectivity index (χ3v) is 4.44. The number of carbonyl (C=O) groups is 1. The van der Waals surface area contributed by atoms with Gasteiger partial charge in [-0.1, -0.05) is 18.2 Å². The molecular weight excluding hydrogens is 266 g/mol. The fourth-order valence-corrected chi connectivity index (χ4v) is 3.23. The number of piperazine rings is 1. The molecule has 1 atom stereocenters. The molecule has 5 heteroatoms. The zero-order chi connectivity index (χ0) is 14.7. The highest BCUT2D eigenvalue weighted by Crippen LogP contribution is 2.23. The number of hydrogen-bond donors (Lipinski definition) is 1. The van der Waals surface area contributed by atoms with Crippen molar-refractivity contribution < 1.29 is 9.53 Å². The van der Waals surface area contributed by atoms with Crippen LogP contribution in [-0.4, -0.2) is 54.5 Å². The summed E-state index contributed by atoms with van der Waals surface area (Å²) in [5.74, 6) is 1.21. The first-order chi connectivity index (χ1) is 10.3. The molecule has 0 aliphatic carbocycles. The molecule has 2 fully saturated rings. The summed E-state index contributed by atoms with van der Waals surface area (Å²) in [6, 6.07) is 8.33. The third-order valence-electron chi connectivity index (χ3n) is 4.44. The van der Waals surface area contributed by atoms with Crippen LogP contribution < -0.4 is 10.5 Å². The van der Waals surface area contributed by atoms with Gasteiger partial charge in [0, 0.05) is 50.7 Å². The summed E-state index contributed by atoms with van der Waals surface area (Å²) < 4.78 is 5.86. The molecule has 2 saturated heterocycles. The van der Waals surface area contributed by atoms with Gasteiger partial charge in [-0.2, -0.15) is 0 Å². The summed E-state index contributed by atoms with van der Waals surface area (Å²) in [6.07, 6.45) is 1.73. The van der Waals surface area contributed by atoms with E-state index in [2.05, 4.69) is 4.90 Å². The molecule has 1 amide bonds. The number of nitrogens with zero attached hydrogens (tertiary/aromatic N) is 2. The van der Waals surface area contributed by atoms with Gasteiger partial charge < -0.3 is 15.4 Å². The van der Waals surface area contributed by atoms with E-state index in [1.54, 1.807) is 0 Å². The van der Waals surface area contributed by atoms with Gasteiger partial charge >= 0.3 is 0 Å². The highest BCUT2D eigenvalue weighted by atomic mass is 16.5. The largest absolute Gasteiger partial charge is 0.492 e. The Balaban J connectivity index is 1.47. The topological polar surface area (TPSA) is 58.8 Å². The minimum absolute atomic E-state index is 0.327. The van der Waals surface area contributed by atoms with Crippen molar-refractivity contribution in [2.24, 2.45) is 5.73 Å². The molecule has 5 nitrogen and oxygen atoms in total. The second-order valence-electron chi connectivity index (χ2n) is 5.74. The molecule has 1 aromatic carbocycles. The smallest absolute Gasteiger partial charge is 0.222 e. The van der Waals surface area contributed by atoms with Gasteiger partial charge in [0.15, 0.2) is 0 Å². The summed E-state index contributed by atoms with van der Waals surface area (Å²) in [5.41, 5.74) is 6.75. The molecule has 0 spiro atoms. The minimum Gasteiger partial charge on any atom is -0.492 e. The number of carbonyl (C=O) groups excluding carboxylic acids is 1. The number of hydrogen-bond acceptors (Lipinski definition) is 4. The van der Waals surface area contributed by atoms with Gasteiger partial charge in [0.2, 0.25) is 5.91 Å². The van der Waals surface area contributed by atoms with Crippen LogP contribution in [0.5, 0.6) is 5.75 Å². The fraction of sp³-hybridized carbons (Fsp3) is 0.562. The van der Waals surface area contributed by atoms with Crippen LogP contribution in [0.1, 0.15) is 18.4 Å². The van der Waals surface area contributed by atoms with Crippen LogP contribution in [0.3, 0.4) is 0 Å². The van der Waals surface area contributed by atoms with Gasteiger partial charge in [0.1, 0.15) is 12.4 Å². The van der Waals surface area contributed by atoms with Crippen LogP contribution >= 0.6 is 0 Å². The molecule has 114 valence electrons. The quantitative estimate of drug-likeness (QED) is 0.872. The molecule has 1 aromatic rings. The lowest BCUT2D eigenvalue weighted by Gasteiger charge is -2.37. The van der Waals surface area contributed by atoms with Gasteiger partial charge in [0.25, 0.3) is 0 Å². The van der Waals surface area contributed by atoms with Crippen LogP contribution in [-0.2, 0) is 11.3 Å². The van der Waals surface area contributed by atoms with E-state index in [0.717, 1.165) is 50.3 Å². The van der Waals surface area contributed by atoms with E-state index in [1.807, 2.05) is 29.2 Å². The van der Waals surface area contributed by atoms with Crippen molar-refractivity contribution in [2.75, 3.05) is 32.8 Å². The zero-order valence-electron chi connectivity index (χ0n) is 12.3. The molecule has 0 aromatic heterocycles. The Morgan fingerprint density at radius 1 is 1.29 bits per heavy atom. The maximum Gasteiger partial charge on any atom is 0.222 e. The highest BCUT2D eigenvalue weighted by molar-refractivity contribution is 5.78. The van der Waals surface area contributed by atoms with Crippen molar-refractivity contribution in [1.82, 2.24) is 9.80 Å². The maximum absolute atomic E-state index is 11.7. The number of ether oxygens (including phenoxy) is 1. The number of fused-ring (bicyclic) bond motifs is 1. The Hall–Kier alpha value is -1.59. The fourth-order valence-electron chi connectivity index (χ4n) is 3.23. The molecule has 2 aliphatic rings. The lowest BCUT2D eigenvalue weighted by atomic mass is 10.1. The van der Waals surface area contributed by atoms with E-state index in [0.29, 0.717) is 25.1 Å². The second kappa shape index (κ2) is 6.45. The van der Waals surface area contributed by atoms with Crippen molar-refractivity contribution in [2.45, 2.75) is 25.4 Å². The Labute approximate surface area is 125 Å². The average Bonchev–Trinajstić information content (AvgIpc) is 2.89. The lowest BCUT2D eigenvalue weighted by Crippen LogP contribution is -2.52. The summed E-state index contributed by atoms with van der Waals surface area (Å²) in [6.45, 7) is 4.86. The van der Waals surface area contributed by atoms with Crippen molar-refractivity contribution in [3.8, 4) is 5.75 Å². The predicted molar refractivity (Wildman–Crippen MR) is 81.0 cm³/mol. The van der Waals surface area contributed by atoms with Crippen molar-refractivity contribution >= 4 is 5.91 Å². The molecule has 1 unspecified atom stereocenters. The SMILES string of the molecule is NCc1ccccc1OCCN1CCN2C(=O)CCC2C1. The molecule has 3 rings (SSSR count). The average molecular weight is 289 g/mol. The van der Waals surface area contributed by atoms with Gasteiger partial charge in [-0.15, -0.1) is 0 Å². The van der Waals surface area contributed by atoms with Gasteiger partial charge in [0.05, 0.1) is 0 Å². The van der Waals surface area contributed by atoms with E-state index >= 15 is 0 Å². The Morgan fingerprint density at radius 3 is 3.00 bits per heavy atom. The molecule has 2 heterocycles. The van der Waals surface area contributed by atoms with Gasteiger partial charge in [-0.25, -0.2) is 0 Å². The van der Waals surface area contributed by atoms with E-state index in [-0.39, 0.29) is 0 Å². The summed E-state index contributed by atoms with van der Waals surface area (Å²) in [4.78, 5) is 16.1. The molecule has 0 radical (unpaired) electrons. The van der Waals surface area contributed by atoms with Crippen LogP contribution in [0.4, 0.5) is 0 Å². The standard InChI is InChI=1S/C16H23N3O2/c17-11-13-3-1-2-4-15(13)21-10-9-18-7-8-19-14(12-18)5-6-16(19)20/h1-4,14H,5-12,17H2. The summed E-state index contributed by atoms with van der Waals surface area (Å²) >= 11 is 0. The first kappa shape index (κ1) is 14.4. The van der Waals surface area contributed by atoms with Crippen LogP contribution in [0.25, 0.3) is 0 Å². The number of benzene rings is 1. The summed E-state index contributed by atoms with van der Waals surface area (Å²) in [5, 5.41) is 0. The van der Waals surface area contributed by atoms with Gasteiger partial charge in [-0.05, 0) is 12.5 Å². The van der Waals surface area contributed by atoms with Crippen LogP contribution in [0.15, 0.2) is 24.3 Å². The molecule has 21 heavy (non-hydrogen) atoms. The van der Waals surface area contributed by atoms with E-state index < -0.39 is 0 Å². The monoisotopic (exact) mass is 289 g/mol.